The molecule has 0 heterocycles. The van der Waals surface area contributed by atoms with Crippen LogP contribution in [0.2, 0.25) is 0 Å². The third kappa shape index (κ3) is 6.44. The van der Waals surface area contributed by atoms with E-state index >= 15 is 0 Å². The Kier molecular flexibility index (Phi) is 9.71. The highest BCUT2D eigenvalue weighted by atomic mass is 127. The molecule has 0 radical (unpaired) electrons. The Hall–Kier alpha value is -1.89. The van der Waals surface area contributed by atoms with Crippen molar-refractivity contribution in [1.29, 1.82) is 0 Å². The predicted molar refractivity (Wildman–Crippen MR) is 181 cm³/mol. The molecule has 3 fully saturated rings. The lowest BCUT2D eigenvalue weighted by Gasteiger charge is -2.45. The van der Waals surface area contributed by atoms with E-state index in [4.69, 9.17) is 9.47 Å². The molecule has 43 heavy (non-hydrogen) atoms. The van der Waals surface area contributed by atoms with Crippen molar-refractivity contribution in [3.05, 3.63) is 71.8 Å². The molecule has 234 valence electrons. The van der Waals surface area contributed by atoms with E-state index in [9.17, 15) is 9.59 Å². The first-order valence-corrected chi connectivity index (χ1v) is 18.0. The zero-order valence-electron chi connectivity index (χ0n) is 27.0. The summed E-state index contributed by atoms with van der Waals surface area (Å²) in [5.74, 6) is 0.604. The van der Waals surface area contributed by atoms with Gasteiger partial charge < -0.3 is 9.47 Å². The lowest BCUT2D eigenvalue weighted by atomic mass is 9.64. The van der Waals surface area contributed by atoms with Gasteiger partial charge in [-0.15, -0.1) is 0 Å². The van der Waals surface area contributed by atoms with Crippen LogP contribution in [0.4, 0.5) is 0 Å². The van der Waals surface area contributed by atoms with Crippen LogP contribution in [-0.2, 0) is 29.9 Å². The van der Waals surface area contributed by atoms with Crippen LogP contribution in [0.1, 0.15) is 97.6 Å². The fourth-order valence-corrected chi connectivity index (χ4v) is 9.38. The highest BCUT2D eigenvalue weighted by Gasteiger charge is 2.68. The maximum atomic E-state index is 14.2. The Morgan fingerprint density at radius 3 is 1.47 bits per heavy atom. The molecule has 2 aromatic rings. The van der Waals surface area contributed by atoms with Crippen molar-refractivity contribution < 1.29 is 19.1 Å². The fourth-order valence-electron chi connectivity index (χ4n) is 8.32. The quantitative estimate of drug-likeness (QED) is 0.114. The predicted octanol–water partition coefficient (Wildman–Crippen LogP) is 9.08. The van der Waals surface area contributed by atoms with Crippen LogP contribution in [0.3, 0.4) is 0 Å². The summed E-state index contributed by atoms with van der Waals surface area (Å²) in [5.41, 5.74) is 1.05. The summed E-state index contributed by atoms with van der Waals surface area (Å²) in [6.07, 6.45) is 6.01. The lowest BCUT2D eigenvalue weighted by Crippen LogP contribution is -2.47. The van der Waals surface area contributed by atoms with Crippen molar-refractivity contribution in [2.45, 2.75) is 110 Å². The minimum Gasteiger partial charge on any atom is -0.461 e. The van der Waals surface area contributed by atoms with Crippen LogP contribution >= 0.6 is 22.6 Å². The standard InChI is InChI=1S/C38H51IO4/c1-25-17-19-30(36(3,4)27-13-9-7-10-14-27)32(21-25)42-34(40)38(23-29(38)24-39)35(41)43-33-22-26(2)18-20-31(33)37(5,6)28-15-11-8-12-16-28/h7-16,25-26,29-33H,17-24H2,1-6H3/t25-,26-,29-,30-,31-,32-,33-/m1/s1. The summed E-state index contributed by atoms with van der Waals surface area (Å²) >= 11 is 2.31. The van der Waals surface area contributed by atoms with E-state index < -0.39 is 5.41 Å². The van der Waals surface area contributed by atoms with Crippen molar-refractivity contribution in [2.24, 2.45) is 35.0 Å². The monoisotopic (exact) mass is 698 g/mol. The van der Waals surface area contributed by atoms with Gasteiger partial charge in [0.05, 0.1) is 0 Å². The average molecular weight is 699 g/mol. The lowest BCUT2D eigenvalue weighted by molar-refractivity contribution is -0.179. The molecule has 0 bridgehead atoms. The number of carbonyl (C=O) groups is 2. The number of halogens is 1. The number of ether oxygens (including phenoxy) is 2. The Balaban J connectivity index is 1.37. The molecule has 0 N–H and O–H groups in total. The molecule has 0 amide bonds. The molecule has 0 aliphatic heterocycles. The van der Waals surface area contributed by atoms with Crippen molar-refractivity contribution in [2.75, 3.05) is 4.43 Å². The fraction of sp³-hybridized carbons (Fsp3) is 0.632. The van der Waals surface area contributed by atoms with E-state index in [1.807, 2.05) is 12.1 Å². The summed E-state index contributed by atoms with van der Waals surface area (Å²) in [6.45, 7) is 13.6. The first kappa shape index (κ1) is 32.5. The summed E-state index contributed by atoms with van der Waals surface area (Å²) in [7, 11) is 0. The van der Waals surface area contributed by atoms with Crippen molar-refractivity contribution >= 4 is 34.5 Å². The third-order valence-corrected chi connectivity index (χ3v) is 12.6. The molecular weight excluding hydrogens is 647 g/mol. The van der Waals surface area contributed by atoms with Gasteiger partial charge in [-0.2, -0.15) is 0 Å². The largest absolute Gasteiger partial charge is 0.461 e. The van der Waals surface area contributed by atoms with Gasteiger partial charge in [-0.25, -0.2) is 0 Å². The molecule has 0 saturated heterocycles. The van der Waals surface area contributed by atoms with Gasteiger partial charge in [0.1, 0.15) is 12.2 Å². The molecule has 5 rings (SSSR count). The summed E-state index contributed by atoms with van der Waals surface area (Å²) in [6, 6.07) is 21.2. The summed E-state index contributed by atoms with van der Waals surface area (Å²) in [5, 5.41) is 0. The Bertz CT molecular complexity index is 1170. The number of hydrogen-bond acceptors (Lipinski definition) is 4. The first-order chi connectivity index (χ1) is 20.4. The number of alkyl halides is 1. The smallest absolute Gasteiger partial charge is 0.324 e. The molecule has 0 aromatic heterocycles. The van der Waals surface area contributed by atoms with Gasteiger partial charge in [-0.3, -0.25) is 9.59 Å². The van der Waals surface area contributed by atoms with Gasteiger partial charge in [0.15, 0.2) is 5.41 Å². The number of rotatable bonds is 9. The van der Waals surface area contributed by atoms with Crippen LogP contribution in [-0.4, -0.2) is 28.6 Å². The Morgan fingerprint density at radius 1 is 0.721 bits per heavy atom. The molecule has 7 atom stereocenters. The zero-order chi connectivity index (χ0) is 31.0. The van der Waals surface area contributed by atoms with E-state index in [0.717, 1.165) is 43.0 Å². The van der Waals surface area contributed by atoms with Gasteiger partial charge in [-0.1, -0.05) is 138 Å². The number of carbonyl (C=O) groups excluding carboxylic acids is 2. The number of hydrogen-bond donors (Lipinski definition) is 0. The molecule has 3 aliphatic rings. The maximum Gasteiger partial charge on any atom is 0.324 e. The second kappa shape index (κ2) is 12.8. The molecular formula is C38H51IO4. The van der Waals surface area contributed by atoms with Crippen LogP contribution in [0.25, 0.3) is 0 Å². The number of esters is 2. The zero-order valence-corrected chi connectivity index (χ0v) is 29.1. The highest BCUT2D eigenvalue weighted by molar-refractivity contribution is 14.1. The van der Waals surface area contributed by atoms with Crippen molar-refractivity contribution in [1.82, 2.24) is 0 Å². The summed E-state index contributed by atoms with van der Waals surface area (Å²) in [4.78, 5) is 28.4. The second-order valence-corrected chi connectivity index (χ2v) is 16.0. The molecule has 5 heteroatoms. The van der Waals surface area contributed by atoms with Crippen LogP contribution in [0, 0.1) is 35.0 Å². The van der Waals surface area contributed by atoms with E-state index in [1.165, 1.54) is 11.1 Å². The SMILES string of the molecule is C[C@@H]1CC[C@@H](C(C)(C)c2ccccc2)[C@H](OC(=O)C2(C(=O)O[C@@H]3C[C@H](C)CC[C@H]3C(C)(C)c3ccccc3)C[C@@H]2CI)C1. The third-order valence-electron chi connectivity index (χ3n) is 11.5. The Labute approximate surface area is 273 Å². The van der Waals surface area contributed by atoms with Gasteiger partial charge in [0.2, 0.25) is 0 Å². The average Bonchev–Trinajstić information content (AvgIpc) is 3.74. The van der Waals surface area contributed by atoms with Crippen LogP contribution in [0.15, 0.2) is 60.7 Å². The van der Waals surface area contributed by atoms with Gasteiger partial charge in [-0.05, 0) is 71.8 Å². The number of benzene rings is 2. The summed E-state index contributed by atoms with van der Waals surface area (Å²) < 4.78 is 13.7. The molecule has 0 spiro atoms. The Morgan fingerprint density at radius 2 is 1.12 bits per heavy atom. The van der Waals surface area contributed by atoms with E-state index in [-0.39, 0.29) is 52.7 Å². The second-order valence-electron chi connectivity index (χ2n) is 15.1. The molecule has 3 saturated carbocycles. The normalized spacial score (nSPS) is 30.7. The van der Waals surface area contributed by atoms with Crippen molar-refractivity contribution in [3.63, 3.8) is 0 Å². The highest BCUT2D eigenvalue weighted by Crippen LogP contribution is 2.57. The minimum absolute atomic E-state index is 0.0312. The maximum absolute atomic E-state index is 14.2. The van der Waals surface area contributed by atoms with E-state index in [2.05, 4.69) is 113 Å². The van der Waals surface area contributed by atoms with Gasteiger partial charge in [0.25, 0.3) is 0 Å². The van der Waals surface area contributed by atoms with Gasteiger partial charge >= 0.3 is 11.9 Å². The molecule has 3 aliphatic carbocycles. The van der Waals surface area contributed by atoms with Crippen LogP contribution in [0.5, 0.6) is 0 Å². The van der Waals surface area contributed by atoms with Gasteiger partial charge in [0, 0.05) is 16.3 Å². The topological polar surface area (TPSA) is 52.6 Å². The minimum atomic E-state index is -1.18. The van der Waals surface area contributed by atoms with Crippen molar-refractivity contribution in [3.8, 4) is 0 Å². The molecule has 2 aromatic carbocycles. The molecule has 0 unspecified atom stereocenters. The van der Waals surface area contributed by atoms with Crippen LogP contribution < -0.4 is 0 Å². The van der Waals surface area contributed by atoms with E-state index in [0.29, 0.717) is 18.3 Å². The van der Waals surface area contributed by atoms with E-state index in [1.54, 1.807) is 0 Å². The molecule has 4 nitrogen and oxygen atoms in total. The first-order valence-electron chi connectivity index (χ1n) is 16.5.